The van der Waals surface area contributed by atoms with Crippen LogP contribution in [0.25, 0.3) is 33.4 Å². The monoisotopic (exact) mass is 576 g/mol. The summed E-state index contributed by atoms with van der Waals surface area (Å²) in [6, 6.07) is 16.7. The molecule has 216 valence electrons. The number of fused-ring (bicyclic) bond motifs is 1. The lowest BCUT2D eigenvalue weighted by molar-refractivity contribution is 0.262. The molecule has 6 aromatic rings. The molecular formula is C32H29FN8O2. The zero-order valence-corrected chi connectivity index (χ0v) is 24.0. The van der Waals surface area contributed by atoms with Crippen molar-refractivity contribution in [2.45, 2.75) is 26.3 Å². The Morgan fingerprint density at radius 1 is 0.884 bits per heavy atom. The zero-order valence-electron chi connectivity index (χ0n) is 24.0. The number of pyridine rings is 2. The first-order valence-corrected chi connectivity index (χ1v) is 13.6. The summed E-state index contributed by atoms with van der Waals surface area (Å²) in [6.45, 7) is 6.05. The molecule has 0 aliphatic rings. The van der Waals surface area contributed by atoms with Gasteiger partial charge in [-0.1, -0.05) is 12.1 Å². The molecule has 0 saturated carbocycles. The lowest BCUT2D eigenvalue weighted by Crippen LogP contribution is -2.22. The van der Waals surface area contributed by atoms with Crippen LogP contribution in [-0.4, -0.2) is 35.6 Å². The van der Waals surface area contributed by atoms with Crippen molar-refractivity contribution in [3.05, 3.63) is 97.5 Å². The minimum atomic E-state index is -0.651. The summed E-state index contributed by atoms with van der Waals surface area (Å²) < 4.78 is 24.4. The van der Waals surface area contributed by atoms with Crippen LogP contribution in [0.3, 0.4) is 0 Å². The Labute approximate surface area is 247 Å². The number of benzene rings is 2. The van der Waals surface area contributed by atoms with Crippen LogP contribution in [0.15, 0.2) is 91.6 Å². The molecule has 4 heterocycles. The predicted molar refractivity (Wildman–Crippen MR) is 164 cm³/mol. The molecule has 2 amide bonds. The Balaban J connectivity index is 1.19. The average Bonchev–Trinajstić information content (AvgIpc) is 3.61. The maximum atomic E-state index is 15.1. The van der Waals surface area contributed by atoms with Crippen molar-refractivity contribution in [1.29, 1.82) is 0 Å². The number of ether oxygens (including phenoxy) is 1. The van der Waals surface area contributed by atoms with Crippen LogP contribution in [0.5, 0.6) is 11.5 Å². The summed E-state index contributed by atoms with van der Waals surface area (Å²) in [5, 5.41) is 15.3. The van der Waals surface area contributed by atoms with E-state index in [9.17, 15) is 4.79 Å². The number of aryl methyl sites for hydroxylation is 1. The first-order chi connectivity index (χ1) is 20.6. The van der Waals surface area contributed by atoms with Gasteiger partial charge in [-0.15, -0.1) is 0 Å². The van der Waals surface area contributed by atoms with E-state index in [0.717, 1.165) is 22.0 Å². The lowest BCUT2D eigenvalue weighted by Gasteiger charge is -2.18. The first-order valence-electron chi connectivity index (χ1n) is 13.6. The molecule has 0 fully saturated rings. The van der Waals surface area contributed by atoms with Gasteiger partial charge in [-0.25, -0.2) is 9.18 Å². The van der Waals surface area contributed by atoms with Crippen LogP contribution < -0.4 is 15.4 Å². The maximum Gasteiger partial charge on any atom is 0.323 e. The van der Waals surface area contributed by atoms with Crippen LogP contribution >= 0.6 is 0 Å². The third-order valence-electron chi connectivity index (χ3n) is 6.68. The van der Waals surface area contributed by atoms with Gasteiger partial charge in [0.15, 0.2) is 0 Å². The minimum absolute atomic E-state index is 0.00262. The summed E-state index contributed by atoms with van der Waals surface area (Å²) >= 11 is 0. The van der Waals surface area contributed by atoms with Gasteiger partial charge in [-0.3, -0.25) is 19.3 Å². The van der Waals surface area contributed by atoms with E-state index in [1.54, 1.807) is 52.4 Å². The van der Waals surface area contributed by atoms with E-state index in [1.807, 2.05) is 64.3 Å². The van der Waals surface area contributed by atoms with Crippen LogP contribution in [0.4, 0.5) is 20.6 Å². The zero-order chi connectivity index (χ0) is 30.1. The number of carbonyl (C=O) groups is 1. The normalized spacial score (nSPS) is 11.5. The second-order valence-electron chi connectivity index (χ2n) is 11.0. The van der Waals surface area contributed by atoms with Crippen molar-refractivity contribution in [3.63, 3.8) is 0 Å². The molecule has 2 aromatic carbocycles. The Bertz CT molecular complexity index is 1960. The molecule has 0 aliphatic heterocycles. The highest BCUT2D eigenvalue weighted by Crippen LogP contribution is 2.32. The molecule has 43 heavy (non-hydrogen) atoms. The van der Waals surface area contributed by atoms with E-state index in [-0.39, 0.29) is 17.0 Å². The highest BCUT2D eigenvalue weighted by atomic mass is 19.1. The summed E-state index contributed by atoms with van der Waals surface area (Å²) in [5.74, 6) is 0.104. The predicted octanol–water partition coefficient (Wildman–Crippen LogP) is 7.22. The average molecular weight is 577 g/mol. The number of hydrogen-bond acceptors (Lipinski definition) is 6. The fraction of sp³-hybridized carbons (Fsp3) is 0.156. The molecule has 0 bridgehead atoms. The topological polar surface area (TPSA) is 112 Å². The number of urea groups is 1. The number of halogens is 1. The maximum absolute atomic E-state index is 15.1. The number of carbonyl (C=O) groups excluding carboxylic acids is 1. The van der Waals surface area contributed by atoms with E-state index < -0.39 is 11.8 Å². The fourth-order valence-corrected chi connectivity index (χ4v) is 4.50. The highest BCUT2D eigenvalue weighted by Gasteiger charge is 2.21. The van der Waals surface area contributed by atoms with Crippen molar-refractivity contribution < 1.29 is 13.9 Å². The molecule has 4 aromatic heterocycles. The molecule has 6 rings (SSSR count). The van der Waals surface area contributed by atoms with Crippen molar-refractivity contribution in [3.8, 4) is 34.0 Å². The molecule has 0 saturated heterocycles. The van der Waals surface area contributed by atoms with Gasteiger partial charge < -0.3 is 15.4 Å². The molecule has 0 aliphatic carbocycles. The number of amides is 2. The number of rotatable bonds is 6. The van der Waals surface area contributed by atoms with Gasteiger partial charge >= 0.3 is 6.03 Å². The standard InChI is InChI=1S/C32H29FN8O2/c1-32(2,3)41-19-29(30(39-41)21-7-9-26-20(14-21)6-5-12-34-26)38-31(42)37-27-10-8-23(15-25(27)33)43-24-11-13-35-28(16-24)22-17-36-40(4)18-22/h5-19H,1-4H3,(H2,37,38,42). The second-order valence-corrected chi connectivity index (χ2v) is 11.0. The Kier molecular flexibility index (Phi) is 7.06. The second kappa shape index (κ2) is 11.0. The van der Waals surface area contributed by atoms with Gasteiger partial charge in [0.25, 0.3) is 0 Å². The van der Waals surface area contributed by atoms with Gasteiger partial charge in [0.1, 0.15) is 23.0 Å². The summed E-state index contributed by atoms with van der Waals surface area (Å²) in [6.07, 6.45) is 8.66. The molecule has 10 nitrogen and oxygen atoms in total. The number of hydrogen-bond donors (Lipinski definition) is 2. The lowest BCUT2D eigenvalue weighted by atomic mass is 10.1. The van der Waals surface area contributed by atoms with E-state index in [4.69, 9.17) is 9.84 Å². The van der Waals surface area contributed by atoms with Gasteiger partial charge in [-0.05, 0) is 57.2 Å². The summed E-state index contributed by atoms with van der Waals surface area (Å²) in [5.41, 5.74) is 3.91. The van der Waals surface area contributed by atoms with E-state index in [1.165, 1.54) is 12.1 Å². The van der Waals surface area contributed by atoms with E-state index >= 15 is 4.39 Å². The van der Waals surface area contributed by atoms with Crippen molar-refractivity contribution in [2.24, 2.45) is 7.05 Å². The SMILES string of the molecule is Cn1cc(-c2cc(Oc3ccc(NC(=O)Nc4cn(C(C)(C)C)nc4-c4ccc5ncccc5c4)c(F)c3)ccn2)cn1. The Morgan fingerprint density at radius 2 is 1.70 bits per heavy atom. The fourth-order valence-electron chi connectivity index (χ4n) is 4.50. The van der Waals surface area contributed by atoms with Crippen LogP contribution in [0.1, 0.15) is 20.8 Å². The van der Waals surface area contributed by atoms with Crippen LogP contribution in [0.2, 0.25) is 0 Å². The molecule has 0 spiro atoms. The third-order valence-corrected chi connectivity index (χ3v) is 6.68. The van der Waals surface area contributed by atoms with E-state index in [2.05, 4.69) is 25.7 Å². The number of nitrogens with one attached hydrogen (secondary N) is 2. The van der Waals surface area contributed by atoms with Gasteiger partial charge in [0.05, 0.1) is 34.3 Å². The summed E-state index contributed by atoms with van der Waals surface area (Å²) in [4.78, 5) is 21.8. The molecule has 0 atom stereocenters. The largest absolute Gasteiger partial charge is 0.457 e. The number of aromatic nitrogens is 6. The summed E-state index contributed by atoms with van der Waals surface area (Å²) in [7, 11) is 1.82. The molecule has 11 heteroatoms. The van der Waals surface area contributed by atoms with Crippen molar-refractivity contribution in [2.75, 3.05) is 10.6 Å². The Morgan fingerprint density at radius 3 is 2.47 bits per heavy atom. The molecule has 0 unspecified atom stereocenters. The van der Waals surface area contributed by atoms with Gasteiger partial charge in [0.2, 0.25) is 0 Å². The van der Waals surface area contributed by atoms with Gasteiger partial charge in [-0.2, -0.15) is 10.2 Å². The molecule has 0 radical (unpaired) electrons. The highest BCUT2D eigenvalue weighted by molar-refractivity contribution is 6.02. The number of anilines is 2. The van der Waals surface area contributed by atoms with E-state index in [0.29, 0.717) is 22.8 Å². The smallest absolute Gasteiger partial charge is 0.323 e. The molecular weight excluding hydrogens is 547 g/mol. The van der Waals surface area contributed by atoms with Crippen molar-refractivity contribution >= 4 is 28.3 Å². The van der Waals surface area contributed by atoms with Gasteiger partial charge in [0, 0.05) is 60.5 Å². The minimum Gasteiger partial charge on any atom is -0.457 e. The third kappa shape index (κ3) is 6.05. The van der Waals surface area contributed by atoms with Crippen LogP contribution in [0, 0.1) is 5.82 Å². The van der Waals surface area contributed by atoms with Crippen molar-refractivity contribution in [1.82, 2.24) is 29.5 Å². The molecule has 2 N–H and O–H groups in total. The Hall–Kier alpha value is -5.58. The quantitative estimate of drug-likeness (QED) is 0.216. The first kappa shape index (κ1) is 27.6. The number of nitrogens with zero attached hydrogens (tertiary/aromatic N) is 6. The van der Waals surface area contributed by atoms with Crippen LogP contribution in [-0.2, 0) is 12.6 Å².